The van der Waals surface area contributed by atoms with Gasteiger partial charge in [-0.05, 0) is 55.4 Å². The Hall–Kier alpha value is -3.10. The van der Waals surface area contributed by atoms with E-state index in [1.165, 1.54) is 4.90 Å². The zero-order chi connectivity index (χ0) is 22.8. The summed E-state index contributed by atoms with van der Waals surface area (Å²) in [5.41, 5.74) is 7.96. The summed E-state index contributed by atoms with van der Waals surface area (Å²) >= 11 is 0. The number of benzene rings is 2. The summed E-state index contributed by atoms with van der Waals surface area (Å²) in [5, 5.41) is 0. The highest BCUT2D eigenvalue weighted by molar-refractivity contribution is 5.66. The van der Waals surface area contributed by atoms with Crippen LogP contribution in [0.5, 0.6) is 11.6 Å². The standard InChI is InChI=1S/C24H25F3N4O/c1-30(2)18-9-10-31(14-18)22-20(25)23(27)29-24(21(22)26)32-19-8-4-7-17(12-19)16-6-3-5-15(11-16)13-28/h3-8,11-12,18H,9-10,13-14,28H2,1-2H3/t18-/m1/s1. The smallest absolute Gasteiger partial charge is 0.261 e. The normalized spacial score (nSPS) is 16.1. The second kappa shape index (κ2) is 9.18. The van der Waals surface area contributed by atoms with E-state index in [0.717, 1.165) is 23.1 Å². The van der Waals surface area contributed by atoms with Crippen LogP contribution in [0.4, 0.5) is 18.9 Å². The number of hydrogen-bond donors (Lipinski definition) is 1. The van der Waals surface area contributed by atoms with Crippen molar-refractivity contribution in [3.63, 3.8) is 0 Å². The zero-order valence-electron chi connectivity index (χ0n) is 18.0. The summed E-state index contributed by atoms with van der Waals surface area (Å²) in [6, 6.07) is 14.7. The van der Waals surface area contributed by atoms with Crippen molar-refractivity contribution in [3.05, 3.63) is 71.7 Å². The first-order valence-corrected chi connectivity index (χ1v) is 10.4. The molecule has 0 saturated carbocycles. The van der Waals surface area contributed by atoms with Crippen molar-refractivity contribution in [1.29, 1.82) is 0 Å². The van der Waals surface area contributed by atoms with E-state index in [2.05, 4.69) is 4.98 Å². The van der Waals surface area contributed by atoms with Crippen molar-refractivity contribution in [1.82, 2.24) is 9.88 Å². The lowest BCUT2D eigenvalue weighted by molar-refractivity contribution is 0.315. The number of rotatable bonds is 6. The van der Waals surface area contributed by atoms with Gasteiger partial charge in [-0.25, -0.2) is 0 Å². The summed E-state index contributed by atoms with van der Waals surface area (Å²) in [4.78, 5) is 6.87. The van der Waals surface area contributed by atoms with Crippen LogP contribution in [0.3, 0.4) is 0 Å². The molecule has 8 heteroatoms. The van der Waals surface area contributed by atoms with Gasteiger partial charge in [0.2, 0.25) is 11.6 Å². The molecule has 1 atom stereocenters. The molecule has 0 spiro atoms. The van der Waals surface area contributed by atoms with Gasteiger partial charge in [0, 0.05) is 25.7 Å². The average Bonchev–Trinajstić information content (AvgIpc) is 3.28. The molecular weight excluding hydrogens is 417 g/mol. The maximum absolute atomic E-state index is 15.2. The molecule has 0 amide bonds. The molecule has 4 rings (SSSR count). The highest BCUT2D eigenvalue weighted by Gasteiger charge is 2.32. The molecule has 168 valence electrons. The van der Waals surface area contributed by atoms with E-state index < -0.39 is 29.1 Å². The Morgan fingerprint density at radius 2 is 1.78 bits per heavy atom. The lowest BCUT2D eigenvalue weighted by Gasteiger charge is -2.23. The number of nitrogens with two attached hydrogens (primary N) is 1. The summed E-state index contributed by atoms with van der Waals surface area (Å²) < 4.78 is 49.6. The monoisotopic (exact) mass is 442 g/mol. The fourth-order valence-electron chi connectivity index (χ4n) is 3.92. The highest BCUT2D eigenvalue weighted by Crippen LogP contribution is 2.36. The van der Waals surface area contributed by atoms with Crippen LogP contribution in [0.1, 0.15) is 12.0 Å². The van der Waals surface area contributed by atoms with Gasteiger partial charge in [-0.1, -0.05) is 30.3 Å². The number of halogens is 3. The number of hydrogen-bond acceptors (Lipinski definition) is 5. The molecule has 0 unspecified atom stereocenters. The topological polar surface area (TPSA) is 54.6 Å². The number of ether oxygens (including phenoxy) is 1. The Morgan fingerprint density at radius 1 is 1.06 bits per heavy atom. The first kappa shape index (κ1) is 22.1. The van der Waals surface area contributed by atoms with Crippen molar-refractivity contribution in [2.24, 2.45) is 5.73 Å². The fraction of sp³-hybridized carbons (Fsp3) is 0.292. The second-order valence-electron chi connectivity index (χ2n) is 8.07. The first-order valence-electron chi connectivity index (χ1n) is 10.4. The average molecular weight is 442 g/mol. The van der Waals surface area contributed by atoms with Gasteiger partial charge < -0.3 is 20.3 Å². The van der Waals surface area contributed by atoms with E-state index in [0.29, 0.717) is 19.6 Å². The van der Waals surface area contributed by atoms with Gasteiger partial charge >= 0.3 is 0 Å². The Morgan fingerprint density at radius 3 is 2.47 bits per heavy atom. The fourth-order valence-corrected chi connectivity index (χ4v) is 3.92. The van der Waals surface area contributed by atoms with Crippen molar-refractivity contribution in [3.8, 4) is 22.8 Å². The van der Waals surface area contributed by atoms with Crippen molar-refractivity contribution in [2.45, 2.75) is 19.0 Å². The molecule has 1 aliphatic rings. The SMILES string of the molecule is CN(C)[C@@H]1CCN(c2c(F)c(F)nc(Oc3cccc(-c4cccc(CN)c4)c3)c2F)C1. The largest absolute Gasteiger partial charge is 0.436 e. The van der Waals surface area contributed by atoms with E-state index >= 15 is 4.39 Å². The predicted molar refractivity (Wildman–Crippen MR) is 118 cm³/mol. The van der Waals surface area contributed by atoms with Crippen LogP contribution in [0.15, 0.2) is 48.5 Å². The van der Waals surface area contributed by atoms with Crippen molar-refractivity contribution >= 4 is 5.69 Å². The second-order valence-corrected chi connectivity index (χ2v) is 8.07. The number of pyridine rings is 1. The van der Waals surface area contributed by atoms with Gasteiger partial charge in [-0.3, -0.25) is 0 Å². The van der Waals surface area contributed by atoms with Gasteiger partial charge in [-0.2, -0.15) is 18.2 Å². The van der Waals surface area contributed by atoms with Gasteiger partial charge in [0.15, 0.2) is 0 Å². The Bertz CT molecular complexity index is 1120. The Kier molecular flexibility index (Phi) is 6.34. The molecule has 1 aliphatic heterocycles. The maximum Gasteiger partial charge on any atom is 0.261 e. The third-order valence-corrected chi connectivity index (χ3v) is 5.74. The van der Waals surface area contributed by atoms with Crippen LogP contribution < -0.4 is 15.4 Å². The molecule has 1 aromatic heterocycles. The van der Waals surface area contributed by atoms with Gasteiger partial charge in [0.1, 0.15) is 11.4 Å². The van der Waals surface area contributed by atoms with Crippen LogP contribution in [-0.4, -0.2) is 43.1 Å². The third-order valence-electron chi connectivity index (χ3n) is 5.74. The number of likely N-dealkylation sites (N-methyl/N-ethyl adjacent to an activating group) is 1. The molecule has 32 heavy (non-hydrogen) atoms. The summed E-state index contributed by atoms with van der Waals surface area (Å²) in [6.45, 7) is 1.20. The molecule has 2 aromatic carbocycles. The number of nitrogens with zero attached hydrogens (tertiary/aromatic N) is 3. The summed E-state index contributed by atoms with van der Waals surface area (Å²) in [7, 11) is 3.80. The highest BCUT2D eigenvalue weighted by atomic mass is 19.2. The molecule has 0 radical (unpaired) electrons. The molecule has 0 bridgehead atoms. The molecule has 0 aliphatic carbocycles. The van der Waals surface area contributed by atoms with Crippen molar-refractivity contribution in [2.75, 3.05) is 32.1 Å². The van der Waals surface area contributed by atoms with Crippen LogP contribution in [0.25, 0.3) is 11.1 Å². The predicted octanol–water partition coefficient (Wildman–Crippen LogP) is 4.56. The minimum atomic E-state index is -1.39. The minimum Gasteiger partial charge on any atom is -0.436 e. The van der Waals surface area contributed by atoms with Crippen LogP contribution in [0.2, 0.25) is 0 Å². The van der Waals surface area contributed by atoms with E-state index in [1.807, 2.05) is 49.3 Å². The lowest BCUT2D eigenvalue weighted by Crippen LogP contribution is -2.32. The van der Waals surface area contributed by atoms with E-state index in [-0.39, 0.29) is 11.8 Å². The molecule has 1 fully saturated rings. The lowest BCUT2D eigenvalue weighted by atomic mass is 10.0. The first-order chi connectivity index (χ1) is 15.4. The molecule has 5 nitrogen and oxygen atoms in total. The molecule has 3 aromatic rings. The maximum atomic E-state index is 15.2. The van der Waals surface area contributed by atoms with Gasteiger partial charge in [0.05, 0.1) is 0 Å². The Balaban J connectivity index is 1.65. The van der Waals surface area contributed by atoms with Crippen LogP contribution in [0, 0.1) is 17.6 Å². The van der Waals surface area contributed by atoms with E-state index in [1.54, 1.807) is 18.2 Å². The van der Waals surface area contributed by atoms with Gasteiger partial charge in [0.25, 0.3) is 11.8 Å². The Labute approximate surface area is 185 Å². The summed E-state index contributed by atoms with van der Waals surface area (Å²) in [5.74, 6) is -4.05. The molecule has 2 N–H and O–H groups in total. The summed E-state index contributed by atoms with van der Waals surface area (Å²) in [6.07, 6.45) is 0.718. The zero-order valence-corrected chi connectivity index (χ0v) is 18.0. The number of aromatic nitrogens is 1. The minimum absolute atomic E-state index is 0.121. The van der Waals surface area contributed by atoms with Crippen molar-refractivity contribution < 1.29 is 17.9 Å². The van der Waals surface area contributed by atoms with Gasteiger partial charge in [-0.15, -0.1) is 0 Å². The quantitative estimate of drug-likeness (QED) is 0.568. The van der Waals surface area contributed by atoms with Crippen LogP contribution in [-0.2, 0) is 6.54 Å². The molecule has 2 heterocycles. The molecule has 1 saturated heterocycles. The third kappa shape index (κ3) is 4.42. The number of anilines is 1. The van der Waals surface area contributed by atoms with Crippen LogP contribution >= 0.6 is 0 Å². The van der Waals surface area contributed by atoms with E-state index in [9.17, 15) is 8.78 Å². The van der Waals surface area contributed by atoms with E-state index in [4.69, 9.17) is 10.5 Å². The molecular formula is C24H25F3N4O.